The predicted molar refractivity (Wildman–Crippen MR) is 106 cm³/mol. The lowest BCUT2D eigenvalue weighted by Gasteiger charge is -2.26. The SMILES string of the molecule is COc1ccc(OC)c([C@H]2CCCN2CC(=O)NCc2ccc(Cl)cc2)c1. The molecular formula is C21H25ClN2O3. The smallest absolute Gasteiger partial charge is 0.234 e. The van der Waals surface area contributed by atoms with Gasteiger partial charge in [-0.1, -0.05) is 23.7 Å². The molecule has 0 spiro atoms. The summed E-state index contributed by atoms with van der Waals surface area (Å²) in [4.78, 5) is 14.7. The number of carbonyl (C=O) groups is 1. The van der Waals surface area contributed by atoms with Gasteiger partial charge in [0.25, 0.3) is 0 Å². The third kappa shape index (κ3) is 4.93. The van der Waals surface area contributed by atoms with Crippen molar-refractivity contribution in [1.82, 2.24) is 10.2 Å². The molecule has 0 unspecified atom stereocenters. The van der Waals surface area contributed by atoms with Crippen molar-refractivity contribution >= 4 is 17.5 Å². The Morgan fingerprint density at radius 1 is 1.19 bits per heavy atom. The molecule has 0 radical (unpaired) electrons. The Labute approximate surface area is 165 Å². The number of benzene rings is 2. The number of nitrogens with one attached hydrogen (secondary N) is 1. The summed E-state index contributed by atoms with van der Waals surface area (Å²) in [6.07, 6.45) is 2.05. The highest BCUT2D eigenvalue weighted by Gasteiger charge is 2.30. The number of halogens is 1. The van der Waals surface area contributed by atoms with E-state index in [-0.39, 0.29) is 11.9 Å². The van der Waals surface area contributed by atoms with Crippen molar-refractivity contribution < 1.29 is 14.3 Å². The first kappa shape index (κ1) is 19.5. The number of hydrogen-bond donors (Lipinski definition) is 1. The molecule has 6 heteroatoms. The van der Waals surface area contributed by atoms with E-state index in [4.69, 9.17) is 21.1 Å². The zero-order chi connectivity index (χ0) is 19.2. The number of hydrogen-bond acceptors (Lipinski definition) is 4. The zero-order valence-corrected chi connectivity index (χ0v) is 16.5. The Balaban J connectivity index is 1.64. The lowest BCUT2D eigenvalue weighted by atomic mass is 10.0. The van der Waals surface area contributed by atoms with Gasteiger partial charge in [0.2, 0.25) is 5.91 Å². The van der Waals surface area contributed by atoms with E-state index in [1.165, 1.54) is 0 Å². The van der Waals surface area contributed by atoms with Crippen molar-refractivity contribution in [3.63, 3.8) is 0 Å². The molecule has 1 fully saturated rings. The molecule has 144 valence electrons. The fraction of sp³-hybridized carbons (Fsp3) is 0.381. The van der Waals surface area contributed by atoms with Gasteiger partial charge >= 0.3 is 0 Å². The van der Waals surface area contributed by atoms with Crippen molar-refractivity contribution in [3.8, 4) is 11.5 Å². The summed E-state index contributed by atoms with van der Waals surface area (Å²) in [5.41, 5.74) is 2.10. The molecule has 1 heterocycles. The minimum Gasteiger partial charge on any atom is -0.497 e. The van der Waals surface area contributed by atoms with Gasteiger partial charge in [0.15, 0.2) is 0 Å². The first-order valence-corrected chi connectivity index (χ1v) is 9.45. The highest BCUT2D eigenvalue weighted by Crippen LogP contribution is 2.38. The molecule has 1 atom stereocenters. The van der Waals surface area contributed by atoms with Crippen molar-refractivity contribution in [1.29, 1.82) is 0 Å². The maximum atomic E-state index is 12.5. The average molecular weight is 389 g/mol. The van der Waals surface area contributed by atoms with Gasteiger partial charge in [0.05, 0.1) is 20.8 Å². The van der Waals surface area contributed by atoms with Crippen LogP contribution in [0.5, 0.6) is 11.5 Å². The van der Waals surface area contributed by atoms with Crippen LogP contribution in [-0.4, -0.2) is 38.1 Å². The molecule has 2 aromatic rings. The van der Waals surface area contributed by atoms with Crippen LogP contribution in [0.2, 0.25) is 5.02 Å². The van der Waals surface area contributed by atoms with E-state index >= 15 is 0 Å². The largest absolute Gasteiger partial charge is 0.497 e. The summed E-state index contributed by atoms with van der Waals surface area (Å²) in [5, 5.41) is 3.68. The normalized spacial score (nSPS) is 16.9. The predicted octanol–water partition coefficient (Wildman–Crippen LogP) is 3.81. The van der Waals surface area contributed by atoms with Gasteiger partial charge in [0.1, 0.15) is 11.5 Å². The molecule has 2 aromatic carbocycles. The minimum atomic E-state index is 0.0127. The van der Waals surface area contributed by atoms with Crippen LogP contribution in [0, 0.1) is 0 Å². The molecule has 0 aliphatic carbocycles. The third-order valence-corrected chi connectivity index (χ3v) is 5.16. The van der Waals surface area contributed by atoms with Crippen LogP contribution in [0.3, 0.4) is 0 Å². The Hall–Kier alpha value is -2.24. The van der Waals surface area contributed by atoms with Crippen LogP contribution in [0.4, 0.5) is 0 Å². The van der Waals surface area contributed by atoms with Crippen LogP contribution < -0.4 is 14.8 Å². The van der Waals surface area contributed by atoms with Crippen LogP contribution in [-0.2, 0) is 11.3 Å². The Morgan fingerprint density at radius 3 is 2.67 bits per heavy atom. The lowest BCUT2D eigenvalue weighted by molar-refractivity contribution is -0.122. The Bertz CT molecular complexity index is 779. The van der Waals surface area contributed by atoms with Gasteiger partial charge in [-0.25, -0.2) is 0 Å². The van der Waals surface area contributed by atoms with E-state index in [9.17, 15) is 4.79 Å². The molecule has 1 aliphatic rings. The van der Waals surface area contributed by atoms with Gasteiger partial charge in [-0.3, -0.25) is 9.69 Å². The zero-order valence-electron chi connectivity index (χ0n) is 15.7. The highest BCUT2D eigenvalue weighted by molar-refractivity contribution is 6.30. The van der Waals surface area contributed by atoms with Crippen LogP contribution in [0.1, 0.15) is 30.0 Å². The number of rotatable bonds is 7. The summed E-state index contributed by atoms with van der Waals surface area (Å²) in [7, 11) is 3.33. The van der Waals surface area contributed by atoms with Gasteiger partial charge < -0.3 is 14.8 Å². The second kappa shape index (κ2) is 9.11. The Morgan fingerprint density at radius 2 is 1.96 bits per heavy atom. The summed E-state index contributed by atoms with van der Waals surface area (Å²) in [6, 6.07) is 13.5. The summed E-state index contributed by atoms with van der Waals surface area (Å²) < 4.78 is 10.9. The molecule has 1 amide bonds. The maximum Gasteiger partial charge on any atom is 0.234 e. The van der Waals surface area contributed by atoms with Crippen LogP contribution >= 0.6 is 11.6 Å². The second-order valence-electron chi connectivity index (χ2n) is 6.64. The number of nitrogens with zero attached hydrogens (tertiary/aromatic N) is 1. The molecule has 0 bridgehead atoms. The molecule has 1 N–H and O–H groups in total. The molecule has 0 aromatic heterocycles. The van der Waals surface area contributed by atoms with E-state index in [2.05, 4.69) is 10.2 Å². The number of likely N-dealkylation sites (tertiary alicyclic amines) is 1. The fourth-order valence-corrected chi connectivity index (χ4v) is 3.64. The van der Waals surface area contributed by atoms with Crippen molar-refractivity contribution in [2.24, 2.45) is 0 Å². The van der Waals surface area contributed by atoms with Gasteiger partial charge in [-0.2, -0.15) is 0 Å². The molecule has 1 saturated heterocycles. The van der Waals surface area contributed by atoms with Gasteiger partial charge in [-0.15, -0.1) is 0 Å². The van der Waals surface area contributed by atoms with Crippen molar-refractivity contribution in [2.75, 3.05) is 27.3 Å². The number of ether oxygens (including phenoxy) is 2. The molecule has 0 saturated carbocycles. The van der Waals surface area contributed by atoms with Crippen LogP contribution in [0.25, 0.3) is 0 Å². The van der Waals surface area contributed by atoms with E-state index in [0.29, 0.717) is 18.1 Å². The Kier molecular flexibility index (Phi) is 6.58. The van der Waals surface area contributed by atoms with E-state index in [1.54, 1.807) is 14.2 Å². The summed E-state index contributed by atoms with van der Waals surface area (Å²) >= 11 is 5.90. The van der Waals surface area contributed by atoms with Crippen molar-refractivity contribution in [3.05, 3.63) is 58.6 Å². The minimum absolute atomic E-state index is 0.0127. The summed E-state index contributed by atoms with van der Waals surface area (Å²) in [6.45, 7) is 1.75. The topological polar surface area (TPSA) is 50.8 Å². The van der Waals surface area contributed by atoms with Crippen molar-refractivity contribution in [2.45, 2.75) is 25.4 Å². The average Bonchev–Trinajstić information content (AvgIpc) is 3.14. The third-order valence-electron chi connectivity index (χ3n) is 4.91. The first-order chi connectivity index (χ1) is 13.1. The molecule has 27 heavy (non-hydrogen) atoms. The number of amides is 1. The van der Waals surface area contributed by atoms with Crippen LogP contribution in [0.15, 0.2) is 42.5 Å². The van der Waals surface area contributed by atoms with Gasteiger partial charge in [0, 0.05) is 23.2 Å². The summed E-state index contributed by atoms with van der Waals surface area (Å²) in [5.74, 6) is 1.64. The van der Waals surface area contributed by atoms with E-state index in [1.807, 2.05) is 42.5 Å². The van der Waals surface area contributed by atoms with E-state index < -0.39 is 0 Å². The first-order valence-electron chi connectivity index (χ1n) is 9.08. The van der Waals surface area contributed by atoms with E-state index in [0.717, 1.165) is 42.0 Å². The molecular weight excluding hydrogens is 364 g/mol. The van der Waals surface area contributed by atoms with Gasteiger partial charge in [-0.05, 0) is 55.3 Å². The highest BCUT2D eigenvalue weighted by atomic mass is 35.5. The number of carbonyl (C=O) groups excluding carboxylic acids is 1. The standard InChI is InChI=1S/C21H25ClN2O3/c1-26-17-9-10-20(27-2)18(12-17)19-4-3-11-24(19)14-21(25)23-13-15-5-7-16(22)8-6-15/h5-10,12,19H,3-4,11,13-14H2,1-2H3,(H,23,25)/t19-/m1/s1. The second-order valence-corrected chi connectivity index (χ2v) is 7.08. The fourth-order valence-electron chi connectivity index (χ4n) is 3.51. The maximum absolute atomic E-state index is 12.5. The monoisotopic (exact) mass is 388 g/mol. The number of methoxy groups -OCH3 is 2. The lowest BCUT2D eigenvalue weighted by Crippen LogP contribution is -2.36. The quantitative estimate of drug-likeness (QED) is 0.783. The molecule has 3 rings (SSSR count). The molecule has 1 aliphatic heterocycles. The molecule has 5 nitrogen and oxygen atoms in total.